The van der Waals surface area contributed by atoms with E-state index in [9.17, 15) is 0 Å². The van der Waals surface area contributed by atoms with Crippen LogP contribution >= 0.6 is 0 Å². The highest BCUT2D eigenvalue weighted by Gasteiger charge is 2.34. The molecule has 1 aliphatic carbocycles. The maximum Gasteiger partial charge on any atom is 0.0749 e. The van der Waals surface area contributed by atoms with Crippen LogP contribution < -0.4 is 5.32 Å². The quantitative estimate of drug-likeness (QED) is 0.702. The summed E-state index contributed by atoms with van der Waals surface area (Å²) in [4.78, 5) is 0. The topological polar surface area (TPSA) is 21.3 Å². The molecule has 1 N–H and O–H groups in total. The van der Waals surface area contributed by atoms with Gasteiger partial charge in [0.2, 0.25) is 0 Å². The summed E-state index contributed by atoms with van der Waals surface area (Å²) in [5.74, 6) is 1.45. The molecule has 0 bridgehead atoms. The van der Waals surface area contributed by atoms with Crippen LogP contribution in [0.5, 0.6) is 0 Å². The smallest absolute Gasteiger partial charge is 0.0749 e. The van der Waals surface area contributed by atoms with Gasteiger partial charge < -0.3 is 10.1 Å². The molecule has 0 amide bonds. The highest BCUT2D eigenvalue weighted by atomic mass is 16.5. The van der Waals surface area contributed by atoms with Gasteiger partial charge >= 0.3 is 0 Å². The van der Waals surface area contributed by atoms with E-state index in [0.717, 1.165) is 12.5 Å². The average molecular weight is 213 g/mol. The molecule has 1 aliphatic rings. The van der Waals surface area contributed by atoms with Crippen molar-refractivity contribution in [3.63, 3.8) is 0 Å². The minimum Gasteiger partial charge on any atom is -0.380 e. The van der Waals surface area contributed by atoms with Crippen molar-refractivity contribution in [2.75, 3.05) is 13.7 Å². The second-order valence-electron chi connectivity index (χ2n) is 5.12. The Morgan fingerprint density at radius 1 is 1.33 bits per heavy atom. The van der Waals surface area contributed by atoms with Gasteiger partial charge in [0, 0.05) is 13.2 Å². The van der Waals surface area contributed by atoms with Crippen LogP contribution in [-0.4, -0.2) is 25.8 Å². The molecule has 1 rings (SSSR count). The predicted molar refractivity (Wildman–Crippen MR) is 65.1 cm³/mol. The third-order valence-electron chi connectivity index (χ3n) is 3.57. The van der Waals surface area contributed by atoms with Crippen LogP contribution in [0.1, 0.15) is 46.5 Å². The van der Waals surface area contributed by atoms with E-state index in [0.29, 0.717) is 18.1 Å². The molecule has 2 atom stereocenters. The van der Waals surface area contributed by atoms with E-state index in [2.05, 4.69) is 26.1 Å². The Morgan fingerprint density at radius 2 is 2.00 bits per heavy atom. The van der Waals surface area contributed by atoms with Crippen LogP contribution in [-0.2, 0) is 4.74 Å². The van der Waals surface area contributed by atoms with Gasteiger partial charge in [0.1, 0.15) is 0 Å². The maximum atomic E-state index is 5.67. The van der Waals surface area contributed by atoms with Gasteiger partial charge in [0.25, 0.3) is 0 Å². The first-order valence-electron chi connectivity index (χ1n) is 6.46. The summed E-state index contributed by atoms with van der Waals surface area (Å²) in [6, 6.07) is 0.573. The van der Waals surface area contributed by atoms with Crippen LogP contribution in [0.3, 0.4) is 0 Å². The second kappa shape index (κ2) is 6.49. The number of hydrogen-bond acceptors (Lipinski definition) is 2. The van der Waals surface area contributed by atoms with E-state index in [1.807, 2.05) is 7.11 Å². The highest BCUT2D eigenvalue weighted by molar-refractivity contribution is 4.89. The minimum absolute atomic E-state index is 0.377. The monoisotopic (exact) mass is 213 g/mol. The molecule has 0 aromatic rings. The molecule has 2 unspecified atom stereocenters. The molecule has 0 aliphatic heterocycles. The van der Waals surface area contributed by atoms with Crippen molar-refractivity contribution in [2.45, 2.75) is 58.6 Å². The SMILES string of the molecule is CCCNC(C1CCC1)C(OC)C(C)C. The zero-order valence-electron chi connectivity index (χ0n) is 10.8. The third kappa shape index (κ3) is 3.46. The standard InChI is InChI=1S/C13H27NO/c1-5-9-14-12(11-7-6-8-11)13(15-4)10(2)3/h10-14H,5-9H2,1-4H3. The average Bonchev–Trinajstić information content (AvgIpc) is 2.11. The Morgan fingerprint density at radius 3 is 2.33 bits per heavy atom. The van der Waals surface area contributed by atoms with Crippen LogP contribution in [0.2, 0.25) is 0 Å². The van der Waals surface area contributed by atoms with Crippen molar-refractivity contribution in [2.24, 2.45) is 11.8 Å². The summed E-state index contributed by atoms with van der Waals surface area (Å²) in [7, 11) is 1.85. The van der Waals surface area contributed by atoms with Crippen LogP contribution in [0.15, 0.2) is 0 Å². The normalized spacial score (nSPS) is 21.4. The van der Waals surface area contributed by atoms with Gasteiger partial charge in [-0.25, -0.2) is 0 Å². The van der Waals surface area contributed by atoms with Gasteiger partial charge in [-0.2, -0.15) is 0 Å². The molecule has 15 heavy (non-hydrogen) atoms. The van der Waals surface area contributed by atoms with Gasteiger partial charge in [0.15, 0.2) is 0 Å². The maximum absolute atomic E-state index is 5.67. The van der Waals surface area contributed by atoms with E-state index in [-0.39, 0.29) is 0 Å². The van der Waals surface area contributed by atoms with Crippen molar-refractivity contribution in [3.8, 4) is 0 Å². The Hall–Kier alpha value is -0.0800. The van der Waals surface area contributed by atoms with Crippen LogP contribution in [0.4, 0.5) is 0 Å². The molecule has 0 saturated heterocycles. The predicted octanol–water partition coefficient (Wildman–Crippen LogP) is 2.83. The lowest BCUT2D eigenvalue weighted by atomic mass is 9.75. The van der Waals surface area contributed by atoms with E-state index in [1.54, 1.807) is 0 Å². The van der Waals surface area contributed by atoms with E-state index >= 15 is 0 Å². The molecular formula is C13H27NO. The molecule has 0 spiro atoms. The first kappa shape index (κ1) is 13.0. The zero-order chi connectivity index (χ0) is 11.3. The Labute approximate surface area is 94.8 Å². The zero-order valence-corrected chi connectivity index (χ0v) is 10.8. The summed E-state index contributed by atoms with van der Waals surface area (Å²) >= 11 is 0. The molecule has 2 heteroatoms. The first-order chi connectivity index (χ1) is 7.20. The van der Waals surface area contributed by atoms with Gasteiger partial charge in [-0.15, -0.1) is 0 Å². The largest absolute Gasteiger partial charge is 0.380 e. The second-order valence-corrected chi connectivity index (χ2v) is 5.12. The Bertz CT molecular complexity index is 166. The molecule has 0 aromatic carbocycles. The highest BCUT2D eigenvalue weighted by Crippen LogP contribution is 2.33. The molecule has 0 aromatic heterocycles. The lowest BCUT2D eigenvalue weighted by Crippen LogP contribution is -2.50. The van der Waals surface area contributed by atoms with E-state index in [1.165, 1.54) is 25.7 Å². The molecule has 1 fully saturated rings. The summed E-state index contributed by atoms with van der Waals surface area (Å²) in [5.41, 5.74) is 0. The number of hydrogen-bond donors (Lipinski definition) is 1. The fourth-order valence-corrected chi connectivity index (χ4v) is 2.49. The third-order valence-corrected chi connectivity index (χ3v) is 3.57. The number of methoxy groups -OCH3 is 1. The summed E-state index contributed by atoms with van der Waals surface area (Å²) in [6.07, 6.45) is 5.75. The Balaban J connectivity index is 2.51. The molecule has 2 nitrogen and oxygen atoms in total. The summed E-state index contributed by atoms with van der Waals surface area (Å²) in [5, 5.41) is 3.68. The molecular weight excluding hydrogens is 186 g/mol. The van der Waals surface area contributed by atoms with Gasteiger partial charge in [-0.05, 0) is 37.6 Å². The molecule has 0 heterocycles. The van der Waals surface area contributed by atoms with Crippen molar-refractivity contribution < 1.29 is 4.74 Å². The Kier molecular flexibility index (Phi) is 5.62. The first-order valence-corrected chi connectivity index (χ1v) is 6.46. The van der Waals surface area contributed by atoms with E-state index < -0.39 is 0 Å². The van der Waals surface area contributed by atoms with Crippen LogP contribution in [0.25, 0.3) is 0 Å². The summed E-state index contributed by atoms with van der Waals surface area (Å²) in [6.45, 7) is 7.86. The molecule has 90 valence electrons. The van der Waals surface area contributed by atoms with Gasteiger partial charge in [0.05, 0.1) is 6.10 Å². The molecule has 0 radical (unpaired) electrons. The lowest BCUT2D eigenvalue weighted by Gasteiger charge is -2.40. The molecule has 1 saturated carbocycles. The van der Waals surface area contributed by atoms with Crippen molar-refractivity contribution in [1.82, 2.24) is 5.32 Å². The van der Waals surface area contributed by atoms with Crippen molar-refractivity contribution >= 4 is 0 Å². The van der Waals surface area contributed by atoms with Crippen molar-refractivity contribution in [3.05, 3.63) is 0 Å². The van der Waals surface area contributed by atoms with E-state index in [4.69, 9.17) is 4.74 Å². The van der Waals surface area contributed by atoms with Gasteiger partial charge in [-0.1, -0.05) is 27.2 Å². The fraction of sp³-hybridized carbons (Fsp3) is 1.00. The van der Waals surface area contributed by atoms with Crippen molar-refractivity contribution in [1.29, 1.82) is 0 Å². The lowest BCUT2D eigenvalue weighted by molar-refractivity contribution is 0.000706. The van der Waals surface area contributed by atoms with Crippen LogP contribution in [0, 0.1) is 11.8 Å². The number of ether oxygens (including phenoxy) is 1. The number of nitrogens with one attached hydrogen (secondary N) is 1. The minimum atomic E-state index is 0.377. The van der Waals surface area contributed by atoms with Gasteiger partial charge in [-0.3, -0.25) is 0 Å². The number of rotatable bonds is 7. The fourth-order valence-electron chi connectivity index (χ4n) is 2.49. The summed E-state index contributed by atoms with van der Waals surface area (Å²) < 4.78 is 5.67.